The van der Waals surface area contributed by atoms with Gasteiger partial charge in [0.25, 0.3) is 0 Å². The average molecular weight is 566 g/mol. The van der Waals surface area contributed by atoms with Crippen LogP contribution in [0.15, 0.2) is 60.8 Å². The first-order valence-electron chi connectivity index (χ1n) is 7.62. The number of carbonyl (C=O) groups is 5. The van der Waals surface area contributed by atoms with E-state index in [1.807, 2.05) is 0 Å². The van der Waals surface area contributed by atoms with Gasteiger partial charge in [-0.25, -0.2) is 14.4 Å². The van der Waals surface area contributed by atoms with Crippen LogP contribution in [0.5, 0.6) is 0 Å². The molecule has 10 nitrogen and oxygen atoms in total. The second-order valence-electron chi connectivity index (χ2n) is 5.39. The number of hydrogen-bond acceptors (Lipinski definition) is 7. The largest absolute Gasteiger partial charge is 2.00 e. The van der Waals surface area contributed by atoms with Crippen LogP contribution in [-0.2, 0) is 24.0 Å². The molecule has 0 spiro atoms. The van der Waals surface area contributed by atoms with Crippen LogP contribution < -0.4 is 10.2 Å². The summed E-state index contributed by atoms with van der Waals surface area (Å²) < 4.78 is 0. The van der Waals surface area contributed by atoms with Gasteiger partial charge in [0.05, 0.1) is 11.9 Å². The predicted molar refractivity (Wildman–Crippen MR) is 113 cm³/mol. The quantitative estimate of drug-likeness (QED) is 0.306. The van der Waals surface area contributed by atoms with Crippen LogP contribution in [0.25, 0.3) is 0 Å². The molecular formula is C20H28BaO10. The second-order valence-corrected chi connectivity index (χ2v) is 5.39. The molecular weight excluding hydrogens is 538 g/mol. The zero-order valence-electron chi connectivity index (χ0n) is 18.4. The Balaban J connectivity index is -0.0000000625. The number of carboxylic acid groups (broad SMARTS) is 5. The second kappa shape index (κ2) is 25.7. The zero-order chi connectivity index (χ0) is 25.8. The fraction of sp³-hybridized carbons (Fsp3) is 0.250. The summed E-state index contributed by atoms with van der Waals surface area (Å²) in [4.78, 5) is 47.8. The molecule has 0 atom stereocenters. The third-order valence-electron chi connectivity index (χ3n) is 1.79. The summed E-state index contributed by atoms with van der Waals surface area (Å²) in [6.07, 6.45) is 0. The zero-order valence-corrected chi connectivity index (χ0v) is 22.9. The van der Waals surface area contributed by atoms with Gasteiger partial charge in [0.1, 0.15) is 0 Å². The molecule has 0 amide bonds. The first kappa shape index (κ1) is 42.7. The fourth-order valence-corrected chi connectivity index (χ4v) is 0. The Hall–Kier alpha value is -2.38. The molecule has 0 aromatic carbocycles. The Morgan fingerprint density at radius 2 is 0.548 bits per heavy atom. The van der Waals surface area contributed by atoms with Crippen molar-refractivity contribution in [2.24, 2.45) is 0 Å². The van der Waals surface area contributed by atoms with Gasteiger partial charge in [0, 0.05) is 16.7 Å². The topological polar surface area (TPSA) is 192 Å². The summed E-state index contributed by atoms with van der Waals surface area (Å²) >= 11 is 0. The van der Waals surface area contributed by atoms with E-state index in [4.69, 9.17) is 15.3 Å². The Kier molecular flexibility index (Phi) is 35.3. The number of rotatable bonds is 5. The minimum absolute atomic E-state index is 0. The summed E-state index contributed by atoms with van der Waals surface area (Å²) in [5, 5.41) is 42.7. The summed E-state index contributed by atoms with van der Waals surface area (Å²) in [5.41, 5.74) is 0.657. The van der Waals surface area contributed by atoms with Gasteiger partial charge in [0.15, 0.2) is 0 Å². The smallest absolute Gasteiger partial charge is 0.545 e. The molecule has 31 heavy (non-hydrogen) atoms. The van der Waals surface area contributed by atoms with E-state index >= 15 is 0 Å². The van der Waals surface area contributed by atoms with Crippen molar-refractivity contribution in [3.63, 3.8) is 0 Å². The molecule has 0 aromatic rings. The minimum atomic E-state index is -1.19. The van der Waals surface area contributed by atoms with Gasteiger partial charge in [0.2, 0.25) is 0 Å². The third kappa shape index (κ3) is 58.4. The van der Waals surface area contributed by atoms with E-state index in [-0.39, 0.29) is 76.7 Å². The SMILES string of the molecule is C=C(C)C(=O)O.C=C(C)C(=O)O.C=C(C)C(=O)O.C=C(C)C(=O)[O-].C=C(C)C(=O)[O-].[Ba+2]. The number of aliphatic carboxylic acids is 5. The van der Waals surface area contributed by atoms with E-state index in [1.54, 1.807) is 0 Å². The van der Waals surface area contributed by atoms with Crippen molar-refractivity contribution in [3.8, 4) is 0 Å². The molecule has 0 aliphatic carbocycles. The molecule has 11 heteroatoms. The van der Waals surface area contributed by atoms with Crippen molar-refractivity contribution < 1.29 is 49.5 Å². The van der Waals surface area contributed by atoms with Crippen LogP contribution in [0.4, 0.5) is 0 Å². The monoisotopic (exact) mass is 566 g/mol. The summed E-state index contributed by atoms with van der Waals surface area (Å²) in [6, 6.07) is 0. The van der Waals surface area contributed by atoms with Gasteiger partial charge >= 0.3 is 66.8 Å². The Morgan fingerprint density at radius 1 is 0.484 bits per heavy atom. The van der Waals surface area contributed by atoms with Crippen LogP contribution in [0.2, 0.25) is 0 Å². The van der Waals surface area contributed by atoms with Gasteiger partial charge < -0.3 is 35.1 Å². The van der Waals surface area contributed by atoms with E-state index in [9.17, 15) is 34.2 Å². The number of hydrogen-bond donors (Lipinski definition) is 3. The number of carboxylic acids is 5. The van der Waals surface area contributed by atoms with Crippen molar-refractivity contribution in [1.82, 2.24) is 0 Å². The molecule has 0 aliphatic rings. The molecule has 3 N–H and O–H groups in total. The normalized spacial score (nSPS) is 7.26. The van der Waals surface area contributed by atoms with Gasteiger partial charge in [-0.3, -0.25) is 0 Å². The van der Waals surface area contributed by atoms with Gasteiger partial charge in [-0.15, -0.1) is 0 Å². The molecule has 0 aliphatic heterocycles. The third-order valence-corrected chi connectivity index (χ3v) is 1.79. The summed E-state index contributed by atoms with van der Waals surface area (Å²) in [7, 11) is 0. The van der Waals surface area contributed by atoms with Crippen molar-refractivity contribution >= 4 is 78.7 Å². The summed E-state index contributed by atoms with van der Waals surface area (Å²) in [6.45, 7) is 22.8. The molecule has 0 rings (SSSR count). The Labute approximate surface area is 222 Å². The van der Waals surface area contributed by atoms with E-state index in [0.29, 0.717) is 0 Å². The van der Waals surface area contributed by atoms with E-state index in [2.05, 4.69) is 32.9 Å². The first-order chi connectivity index (χ1) is 13.2. The van der Waals surface area contributed by atoms with Crippen LogP contribution in [0.1, 0.15) is 34.6 Å². The summed E-state index contributed by atoms with van der Waals surface area (Å²) in [5.74, 6) is -5.18. The van der Waals surface area contributed by atoms with Crippen molar-refractivity contribution in [3.05, 3.63) is 60.8 Å². The first-order valence-corrected chi connectivity index (χ1v) is 7.62. The molecule has 0 heterocycles. The standard InChI is InChI=1S/5C4H6O2.Ba/c5*1-3(2)4(5)6;/h5*1H2,2H3,(H,5,6);/q;;;;;+2/p-2. The Bertz CT molecular complexity index is 503. The van der Waals surface area contributed by atoms with Crippen LogP contribution in [-0.4, -0.2) is 94.0 Å². The van der Waals surface area contributed by atoms with Crippen LogP contribution >= 0.6 is 0 Å². The minimum Gasteiger partial charge on any atom is -0.545 e. The molecule has 0 aromatic heterocycles. The van der Waals surface area contributed by atoms with Crippen LogP contribution in [0, 0.1) is 0 Å². The molecule has 0 bridgehead atoms. The van der Waals surface area contributed by atoms with E-state index < -0.39 is 29.8 Å². The maximum Gasteiger partial charge on any atom is 2.00 e. The van der Waals surface area contributed by atoms with E-state index in [1.165, 1.54) is 34.6 Å². The average Bonchev–Trinajstić information content (AvgIpc) is 2.56. The molecule has 0 radical (unpaired) electrons. The predicted octanol–water partition coefficient (Wildman–Crippen LogP) is 0.185. The van der Waals surface area contributed by atoms with Gasteiger partial charge in [-0.1, -0.05) is 32.9 Å². The maximum absolute atomic E-state index is 9.60. The maximum atomic E-state index is 9.60. The van der Waals surface area contributed by atoms with Gasteiger partial charge in [-0.2, -0.15) is 0 Å². The van der Waals surface area contributed by atoms with Crippen molar-refractivity contribution in [2.75, 3.05) is 0 Å². The molecule has 0 fully saturated rings. The molecule has 170 valence electrons. The van der Waals surface area contributed by atoms with Crippen molar-refractivity contribution in [2.45, 2.75) is 34.6 Å². The molecule has 0 saturated carbocycles. The molecule has 0 saturated heterocycles. The fourth-order valence-electron chi connectivity index (χ4n) is 0. The molecule has 0 unspecified atom stereocenters. The van der Waals surface area contributed by atoms with Gasteiger partial charge in [-0.05, 0) is 45.8 Å². The number of carbonyl (C=O) groups excluding carboxylic acids is 2. The van der Waals surface area contributed by atoms with Crippen LogP contribution in [0.3, 0.4) is 0 Å². The van der Waals surface area contributed by atoms with E-state index in [0.717, 1.165) is 0 Å². The Morgan fingerprint density at radius 3 is 0.548 bits per heavy atom. The van der Waals surface area contributed by atoms with Crippen molar-refractivity contribution in [1.29, 1.82) is 0 Å².